The number of carbonyl (C=O) groups excluding carboxylic acids is 1. The number of carbonyl (C=O) groups is 1. The first-order valence-electron chi connectivity index (χ1n) is 6.39. The van der Waals surface area contributed by atoms with Crippen LogP contribution in [0.25, 0.3) is 0 Å². The van der Waals surface area contributed by atoms with E-state index in [1.807, 2.05) is 0 Å². The second-order valence-corrected chi connectivity index (χ2v) is 4.02. The molecule has 106 valence electrons. The molecule has 5 nitrogen and oxygen atoms in total. The van der Waals surface area contributed by atoms with Gasteiger partial charge >= 0.3 is 5.97 Å². The third-order valence-corrected chi connectivity index (χ3v) is 2.97. The topological polar surface area (TPSA) is 59.0 Å². The lowest BCUT2D eigenvalue weighted by atomic mass is 10.2. The van der Waals surface area contributed by atoms with Gasteiger partial charge in [0.05, 0.1) is 7.11 Å². The lowest BCUT2D eigenvalue weighted by Gasteiger charge is -2.17. The molecule has 1 aromatic carbocycles. The SMILES string of the molecule is CCN(CC)CCOC(=O)c1cccc(OC)c1O. The number of esters is 1. The van der Waals surface area contributed by atoms with Crippen LogP contribution in [0.3, 0.4) is 0 Å². The van der Waals surface area contributed by atoms with E-state index in [0.717, 1.165) is 13.1 Å². The zero-order valence-corrected chi connectivity index (χ0v) is 11.7. The summed E-state index contributed by atoms with van der Waals surface area (Å²) >= 11 is 0. The van der Waals surface area contributed by atoms with Crippen molar-refractivity contribution in [3.8, 4) is 11.5 Å². The van der Waals surface area contributed by atoms with Crippen molar-refractivity contribution in [1.82, 2.24) is 4.90 Å². The summed E-state index contributed by atoms with van der Waals surface area (Å²) < 4.78 is 10.1. The van der Waals surface area contributed by atoms with Gasteiger partial charge in [-0.25, -0.2) is 4.79 Å². The second kappa shape index (κ2) is 7.63. The van der Waals surface area contributed by atoms with Crippen molar-refractivity contribution in [2.24, 2.45) is 0 Å². The van der Waals surface area contributed by atoms with Gasteiger partial charge in [0.25, 0.3) is 0 Å². The van der Waals surface area contributed by atoms with Crippen LogP contribution in [0.4, 0.5) is 0 Å². The van der Waals surface area contributed by atoms with Crippen LogP contribution in [-0.4, -0.2) is 49.3 Å². The quantitative estimate of drug-likeness (QED) is 0.765. The van der Waals surface area contributed by atoms with Gasteiger partial charge in [0, 0.05) is 6.54 Å². The molecule has 0 aliphatic rings. The highest BCUT2D eigenvalue weighted by Crippen LogP contribution is 2.29. The Labute approximate surface area is 113 Å². The van der Waals surface area contributed by atoms with Crippen molar-refractivity contribution in [3.05, 3.63) is 23.8 Å². The lowest BCUT2D eigenvalue weighted by molar-refractivity contribution is 0.0462. The number of nitrogens with zero attached hydrogens (tertiary/aromatic N) is 1. The zero-order chi connectivity index (χ0) is 14.3. The van der Waals surface area contributed by atoms with Crippen LogP contribution >= 0.6 is 0 Å². The molecule has 0 fully saturated rings. The normalized spacial score (nSPS) is 10.5. The number of aromatic hydroxyl groups is 1. The van der Waals surface area contributed by atoms with Gasteiger partial charge in [-0.05, 0) is 25.2 Å². The number of phenolic OH excluding ortho intramolecular Hbond substituents is 1. The molecule has 0 aliphatic heterocycles. The summed E-state index contributed by atoms with van der Waals surface area (Å²) in [5.74, 6) is -0.459. The average molecular weight is 267 g/mol. The number of phenols is 1. The summed E-state index contributed by atoms with van der Waals surface area (Å²) in [7, 11) is 1.44. The maximum Gasteiger partial charge on any atom is 0.342 e. The Kier molecular flexibility index (Phi) is 6.15. The fourth-order valence-corrected chi connectivity index (χ4v) is 1.74. The van der Waals surface area contributed by atoms with Crippen molar-refractivity contribution in [3.63, 3.8) is 0 Å². The smallest absolute Gasteiger partial charge is 0.342 e. The van der Waals surface area contributed by atoms with Crippen molar-refractivity contribution in [1.29, 1.82) is 0 Å². The maximum atomic E-state index is 11.8. The summed E-state index contributed by atoms with van der Waals surface area (Å²) in [6, 6.07) is 4.74. The van der Waals surface area contributed by atoms with Crippen LogP contribution in [0.15, 0.2) is 18.2 Å². The molecule has 5 heteroatoms. The van der Waals surface area contributed by atoms with Crippen LogP contribution in [0.2, 0.25) is 0 Å². The lowest BCUT2D eigenvalue weighted by Crippen LogP contribution is -2.27. The Morgan fingerprint density at radius 2 is 2.00 bits per heavy atom. The zero-order valence-electron chi connectivity index (χ0n) is 11.7. The summed E-state index contributed by atoms with van der Waals surface area (Å²) in [5.41, 5.74) is 0.124. The van der Waals surface area contributed by atoms with E-state index in [-0.39, 0.29) is 17.1 Å². The number of para-hydroxylation sites is 1. The number of methoxy groups -OCH3 is 1. The standard InChI is InChI=1S/C14H21NO4/c1-4-15(5-2)9-10-19-14(17)11-7-6-8-12(18-3)13(11)16/h6-8,16H,4-5,9-10H2,1-3H3. The molecular weight excluding hydrogens is 246 g/mol. The molecule has 0 radical (unpaired) electrons. The van der Waals surface area contributed by atoms with E-state index < -0.39 is 5.97 Å². The fourth-order valence-electron chi connectivity index (χ4n) is 1.74. The van der Waals surface area contributed by atoms with Crippen molar-refractivity contribution < 1.29 is 19.4 Å². The molecule has 1 N–H and O–H groups in total. The minimum Gasteiger partial charge on any atom is -0.504 e. The van der Waals surface area contributed by atoms with Gasteiger partial charge in [0.15, 0.2) is 11.5 Å². The van der Waals surface area contributed by atoms with Gasteiger partial charge < -0.3 is 19.5 Å². The number of ether oxygens (including phenoxy) is 2. The Hall–Kier alpha value is -1.75. The minimum absolute atomic E-state index is 0.124. The molecule has 0 saturated heterocycles. The molecule has 0 amide bonds. The van der Waals surface area contributed by atoms with E-state index in [4.69, 9.17) is 9.47 Å². The number of rotatable bonds is 7. The molecule has 0 atom stereocenters. The second-order valence-electron chi connectivity index (χ2n) is 4.02. The van der Waals surface area contributed by atoms with E-state index in [0.29, 0.717) is 13.2 Å². The molecule has 0 unspecified atom stereocenters. The van der Waals surface area contributed by atoms with E-state index in [1.54, 1.807) is 12.1 Å². The molecule has 0 aliphatic carbocycles. The van der Waals surface area contributed by atoms with Gasteiger partial charge in [0.1, 0.15) is 12.2 Å². The average Bonchev–Trinajstić information content (AvgIpc) is 2.43. The Morgan fingerprint density at radius 1 is 1.32 bits per heavy atom. The largest absolute Gasteiger partial charge is 0.504 e. The molecule has 0 aromatic heterocycles. The summed E-state index contributed by atoms with van der Waals surface area (Å²) in [6.07, 6.45) is 0. The number of hydrogen-bond acceptors (Lipinski definition) is 5. The predicted octanol–water partition coefficient (Wildman–Crippen LogP) is 1.90. The maximum absolute atomic E-state index is 11.8. The fraction of sp³-hybridized carbons (Fsp3) is 0.500. The highest BCUT2D eigenvalue weighted by atomic mass is 16.5. The third kappa shape index (κ3) is 4.13. The Balaban J connectivity index is 2.59. The molecule has 0 saturated carbocycles. The van der Waals surface area contributed by atoms with Crippen LogP contribution in [0, 0.1) is 0 Å². The van der Waals surface area contributed by atoms with E-state index in [1.165, 1.54) is 13.2 Å². The van der Waals surface area contributed by atoms with Crippen LogP contribution in [0.1, 0.15) is 24.2 Å². The molecule has 1 aromatic rings. The molecule has 19 heavy (non-hydrogen) atoms. The molecular formula is C14H21NO4. The predicted molar refractivity (Wildman–Crippen MR) is 72.7 cm³/mol. The molecule has 0 bridgehead atoms. The summed E-state index contributed by atoms with van der Waals surface area (Å²) in [4.78, 5) is 14.0. The van der Waals surface area contributed by atoms with E-state index in [9.17, 15) is 9.90 Å². The molecule has 1 rings (SSSR count). The highest BCUT2D eigenvalue weighted by Gasteiger charge is 2.16. The van der Waals surface area contributed by atoms with Crippen molar-refractivity contribution >= 4 is 5.97 Å². The first kappa shape index (κ1) is 15.3. The molecule has 0 spiro atoms. The van der Waals surface area contributed by atoms with Crippen molar-refractivity contribution in [2.45, 2.75) is 13.8 Å². The van der Waals surface area contributed by atoms with Gasteiger partial charge in [0.2, 0.25) is 0 Å². The van der Waals surface area contributed by atoms with Crippen LogP contribution in [0.5, 0.6) is 11.5 Å². The van der Waals surface area contributed by atoms with Crippen LogP contribution in [-0.2, 0) is 4.74 Å². The van der Waals surface area contributed by atoms with E-state index >= 15 is 0 Å². The van der Waals surface area contributed by atoms with Gasteiger partial charge in [-0.3, -0.25) is 0 Å². The van der Waals surface area contributed by atoms with E-state index in [2.05, 4.69) is 18.7 Å². The first-order chi connectivity index (χ1) is 9.13. The third-order valence-electron chi connectivity index (χ3n) is 2.97. The number of likely N-dealkylation sites (N-methyl/N-ethyl adjacent to an activating group) is 1. The number of benzene rings is 1. The van der Waals surface area contributed by atoms with Gasteiger partial charge in [-0.1, -0.05) is 19.9 Å². The Bertz CT molecular complexity index is 416. The van der Waals surface area contributed by atoms with Gasteiger partial charge in [-0.15, -0.1) is 0 Å². The van der Waals surface area contributed by atoms with Gasteiger partial charge in [-0.2, -0.15) is 0 Å². The summed E-state index contributed by atoms with van der Waals surface area (Å²) in [5, 5.41) is 9.82. The molecule has 0 heterocycles. The van der Waals surface area contributed by atoms with Crippen molar-refractivity contribution in [2.75, 3.05) is 33.4 Å². The summed E-state index contributed by atoms with van der Waals surface area (Å²) in [6.45, 7) is 6.93. The highest BCUT2D eigenvalue weighted by molar-refractivity contribution is 5.93. The first-order valence-corrected chi connectivity index (χ1v) is 6.39. The monoisotopic (exact) mass is 267 g/mol. The van der Waals surface area contributed by atoms with Crippen LogP contribution < -0.4 is 4.74 Å². The minimum atomic E-state index is -0.538. The number of hydrogen-bond donors (Lipinski definition) is 1. The Morgan fingerprint density at radius 3 is 2.58 bits per heavy atom.